The molecule has 0 radical (unpaired) electrons. The van der Waals surface area contributed by atoms with Crippen molar-refractivity contribution in [1.29, 1.82) is 0 Å². The Bertz CT molecular complexity index is 810. The molecule has 124 valence electrons. The summed E-state index contributed by atoms with van der Waals surface area (Å²) in [5, 5.41) is 7.85. The average molecular weight is 327 g/mol. The lowest BCUT2D eigenvalue weighted by Crippen LogP contribution is -2.27. The number of hydrogen-bond acceptors (Lipinski definition) is 6. The van der Waals surface area contributed by atoms with Gasteiger partial charge in [-0.05, 0) is 19.4 Å². The zero-order valence-corrected chi connectivity index (χ0v) is 13.6. The molecule has 24 heavy (non-hydrogen) atoms. The molecule has 0 fully saturated rings. The third-order valence-corrected chi connectivity index (χ3v) is 3.84. The summed E-state index contributed by atoms with van der Waals surface area (Å²) >= 11 is 0. The summed E-state index contributed by atoms with van der Waals surface area (Å²) in [6, 6.07) is 9.46. The van der Waals surface area contributed by atoms with Gasteiger partial charge in [0.1, 0.15) is 11.5 Å². The largest absolute Gasteiger partial charge is 0.448 e. The third kappa shape index (κ3) is 2.80. The van der Waals surface area contributed by atoms with Gasteiger partial charge in [-0.15, -0.1) is 5.10 Å². The van der Waals surface area contributed by atoms with Crippen molar-refractivity contribution in [2.45, 2.75) is 33.1 Å². The van der Waals surface area contributed by atoms with Gasteiger partial charge in [0.2, 0.25) is 5.76 Å². The van der Waals surface area contributed by atoms with Crippen molar-refractivity contribution in [3.8, 4) is 0 Å². The molecule has 0 saturated carbocycles. The van der Waals surface area contributed by atoms with Crippen molar-refractivity contribution in [1.82, 2.24) is 15.0 Å². The topological polar surface area (TPSA) is 83.3 Å². The lowest BCUT2D eigenvalue weighted by atomic mass is 10.1. The van der Waals surface area contributed by atoms with Gasteiger partial charge < -0.3 is 9.47 Å². The lowest BCUT2D eigenvalue weighted by molar-refractivity contribution is -0.118. The highest BCUT2D eigenvalue weighted by Gasteiger charge is 2.36. The standard InChI is InChI=1S/C17H17N3O4/c1-10(13-7-5-4-6-8-13)20-14(9-18-19-20)15(22)17-23-12(3)16(24-17)11(2)21/h4-10,17H,1-3H3/t10-,17?/m1/s1. The Hall–Kier alpha value is -2.96. The van der Waals surface area contributed by atoms with Crippen molar-refractivity contribution in [3.63, 3.8) is 0 Å². The van der Waals surface area contributed by atoms with Crippen LogP contribution < -0.4 is 0 Å². The van der Waals surface area contributed by atoms with E-state index in [9.17, 15) is 9.59 Å². The van der Waals surface area contributed by atoms with Gasteiger partial charge in [-0.25, -0.2) is 4.68 Å². The zero-order valence-electron chi connectivity index (χ0n) is 13.6. The molecule has 2 atom stereocenters. The summed E-state index contributed by atoms with van der Waals surface area (Å²) in [4.78, 5) is 24.2. The fourth-order valence-corrected chi connectivity index (χ4v) is 2.57. The van der Waals surface area contributed by atoms with Crippen LogP contribution in [0.1, 0.15) is 42.9 Å². The van der Waals surface area contributed by atoms with Crippen LogP contribution in [0.2, 0.25) is 0 Å². The number of nitrogens with zero attached hydrogens (tertiary/aromatic N) is 3. The maximum atomic E-state index is 12.7. The molecule has 0 aliphatic carbocycles. The van der Waals surface area contributed by atoms with Gasteiger partial charge in [0.25, 0.3) is 5.78 Å². The quantitative estimate of drug-likeness (QED) is 0.783. The number of carbonyl (C=O) groups excluding carboxylic acids is 2. The molecule has 7 nitrogen and oxygen atoms in total. The minimum absolute atomic E-state index is 0.0727. The van der Waals surface area contributed by atoms with Crippen LogP contribution in [0.15, 0.2) is 48.0 Å². The highest BCUT2D eigenvalue weighted by atomic mass is 16.7. The molecule has 0 spiro atoms. The van der Waals surface area contributed by atoms with E-state index in [0.29, 0.717) is 5.76 Å². The highest BCUT2D eigenvalue weighted by molar-refractivity contribution is 5.99. The maximum absolute atomic E-state index is 12.7. The number of aromatic nitrogens is 3. The molecule has 0 saturated heterocycles. The molecular formula is C17H17N3O4. The second-order valence-corrected chi connectivity index (χ2v) is 5.52. The molecule has 0 amide bonds. The molecule has 1 aliphatic rings. The number of benzene rings is 1. The van der Waals surface area contributed by atoms with Gasteiger partial charge in [0, 0.05) is 6.92 Å². The Morgan fingerprint density at radius 3 is 2.54 bits per heavy atom. The van der Waals surface area contributed by atoms with Crippen molar-refractivity contribution in [2.24, 2.45) is 0 Å². The second-order valence-electron chi connectivity index (χ2n) is 5.52. The Balaban J connectivity index is 1.84. The first kappa shape index (κ1) is 15.9. The van der Waals surface area contributed by atoms with E-state index in [1.54, 1.807) is 6.92 Å². The van der Waals surface area contributed by atoms with Crippen LogP contribution in [0.3, 0.4) is 0 Å². The lowest BCUT2D eigenvalue weighted by Gasteiger charge is -2.16. The Labute approximate surface area is 138 Å². The van der Waals surface area contributed by atoms with E-state index >= 15 is 0 Å². The summed E-state index contributed by atoms with van der Waals surface area (Å²) in [5.74, 6) is -0.343. The van der Waals surface area contributed by atoms with Gasteiger partial charge in [-0.1, -0.05) is 35.5 Å². The molecule has 7 heteroatoms. The van der Waals surface area contributed by atoms with E-state index in [4.69, 9.17) is 9.47 Å². The molecule has 1 aromatic heterocycles. The maximum Gasteiger partial charge on any atom is 0.307 e. The van der Waals surface area contributed by atoms with Crippen LogP contribution in [0.5, 0.6) is 0 Å². The van der Waals surface area contributed by atoms with Gasteiger partial charge in [0.15, 0.2) is 5.78 Å². The predicted octanol–water partition coefficient (Wildman–Crippen LogP) is 2.26. The van der Waals surface area contributed by atoms with Gasteiger partial charge in [-0.2, -0.15) is 0 Å². The van der Waals surface area contributed by atoms with Crippen LogP contribution in [0, 0.1) is 0 Å². The van der Waals surface area contributed by atoms with Crippen molar-refractivity contribution >= 4 is 11.6 Å². The smallest absolute Gasteiger partial charge is 0.307 e. The summed E-state index contributed by atoms with van der Waals surface area (Å²) in [6.45, 7) is 4.87. The Morgan fingerprint density at radius 1 is 1.21 bits per heavy atom. The SMILES string of the molecule is CC(=O)C1=C(C)OC(C(=O)c2cnnn2[C@H](C)c2ccccc2)O1. The van der Waals surface area contributed by atoms with Gasteiger partial charge in [0.05, 0.1) is 12.2 Å². The van der Waals surface area contributed by atoms with E-state index in [-0.39, 0.29) is 23.3 Å². The average Bonchev–Trinajstić information content (AvgIpc) is 3.21. The van der Waals surface area contributed by atoms with E-state index in [2.05, 4.69) is 10.3 Å². The van der Waals surface area contributed by atoms with E-state index in [1.165, 1.54) is 17.8 Å². The molecule has 1 aromatic carbocycles. The number of allylic oxidation sites excluding steroid dienone is 2. The van der Waals surface area contributed by atoms with Crippen LogP contribution in [0.4, 0.5) is 0 Å². The van der Waals surface area contributed by atoms with Gasteiger partial charge >= 0.3 is 6.29 Å². The van der Waals surface area contributed by atoms with Crippen molar-refractivity contribution in [3.05, 3.63) is 59.3 Å². The van der Waals surface area contributed by atoms with Crippen molar-refractivity contribution < 1.29 is 19.1 Å². The predicted molar refractivity (Wildman–Crippen MR) is 83.9 cm³/mol. The first-order valence-electron chi connectivity index (χ1n) is 7.53. The minimum atomic E-state index is -1.19. The summed E-state index contributed by atoms with van der Waals surface area (Å²) in [5.41, 5.74) is 1.25. The van der Waals surface area contributed by atoms with Crippen LogP contribution in [-0.2, 0) is 14.3 Å². The van der Waals surface area contributed by atoms with E-state index < -0.39 is 12.1 Å². The number of ketones is 2. The third-order valence-electron chi connectivity index (χ3n) is 3.84. The normalized spacial score (nSPS) is 18.0. The number of Topliss-reactive ketones (excluding diaryl/α,β-unsaturated/α-hetero) is 2. The molecule has 2 heterocycles. The molecule has 0 N–H and O–H groups in total. The van der Waals surface area contributed by atoms with E-state index in [0.717, 1.165) is 5.56 Å². The van der Waals surface area contributed by atoms with Crippen LogP contribution in [0.25, 0.3) is 0 Å². The monoisotopic (exact) mass is 327 g/mol. The molecular weight excluding hydrogens is 310 g/mol. The first-order valence-corrected chi connectivity index (χ1v) is 7.53. The number of ether oxygens (including phenoxy) is 2. The first-order chi connectivity index (χ1) is 11.5. The molecule has 0 bridgehead atoms. The number of hydrogen-bond donors (Lipinski definition) is 0. The number of rotatable bonds is 5. The molecule has 2 aromatic rings. The Morgan fingerprint density at radius 2 is 1.92 bits per heavy atom. The minimum Gasteiger partial charge on any atom is -0.448 e. The molecule has 1 aliphatic heterocycles. The van der Waals surface area contributed by atoms with Crippen molar-refractivity contribution in [2.75, 3.05) is 0 Å². The number of carbonyl (C=O) groups is 2. The van der Waals surface area contributed by atoms with Crippen LogP contribution >= 0.6 is 0 Å². The zero-order chi connectivity index (χ0) is 17.3. The summed E-state index contributed by atoms with van der Waals surface area (Å²) < 4.78 is 12.2. The molecule has 1 unspecified atom stereocenters. The Kier molecular flexibility index (Phi) is 4.16. The fourth-order valence-electron chi connectivity index (χ4n) is 2.57. The van der Waals surface area contributed by atoms with E-state index in [1.807, 2.05) is 37.3 Å². The summed E-state index contributed by atoms with van der Waals surface area (Å²) in [6.07, 6.45) is 0.180. The van der Waals surface area contributed by atoms with Crippen LogP contribution in [-0.4, -0.2) is 32.9 Å². The van der Waals surface area contributed by atoms with Gasteiger partial charge in [-0.3, -0.25) is 9.59 Å². The molecule has 3 rings (SSSR count). The highest BCUT2D eigenvalue weighted by Crippen LogP contribution is 2.26. The fraction of sp³-hybridized carbons (Fsp3) is 0.294. The second kappa shape index (κ2) is 6.27. The summed E-state index contributed by atoms with van der Waals surface area (Å²) in [7, 11) is 0.